The Morgan fingerprint density at radius 2 is 2.14 bits per heavy atom. The van der Waals surface area contributed by atoms with Crippen LogP contribution in [0.4, 0.5) is 4.39 Å². The lowest BCUT2D eigenvalue weighted by molar-refractivity contribution is -0.138. The first kappa shape index (κ1) is 17.2. The Balaban J connectivity index is 0.00000176. The van der Waals surface area contributed by atoms with Gasteiger partial charge in [-0.1, -0.05) is 26.0 Å². The normalized spacial score (nSPS) is 26.2. The molecule has 2 aliphatic heterocycles. The van der Waals surface area contributed by atoms with Crippen LogP contribution in [0, 0.1) is 23.6 Å². The highest BCUT2D eigenvalue weighted by atomic mass is 35.5. The molecule has 2 aliphatic rings. The summed E-state index contributed by atoms with van der Waals surface area (Å²) in [5.41, 5.74) is 0.923. The van der Waals surface area contributed by atoms with Crippen LogP contribution in [0.3, 0.4) is 0 Å². The second-order valence-electron chi connectivity index (χ2n) is 6.50. The standard InChI is InChI=1S/C17H23FN2O.ClH/c1-11-6-7-20(17(21)12(2)14-9-19-10-14)16(11)13-4-3-5-15(18)8-13;/h3-5,8,11-12,14,16,19H,6-7,9-10H2,1-2H3;1H. The minimum Gasteiger partial charge on any atom is -0.335 e. The van der Waals surface area contributed by atoms with Crippen molar-refractivity contribution < 1.29 is 9.18 Å². The Bertz CT molecular complexity index is 535. The first-order valence-corrected chi connectivity index (χ1v) is 7.84. The zero-order valence-corrected chi connectivity index (χ0v) is 13.9. The van der Waals surface area contributed by atoms with E-state index in [0.717, 1.165) is 31.6 Å². The maximum Gasteiger partial charge on any atom is 0.226 e. The smallest absolute Gasteiger partial charge is 0.226 e. The molecule has 122 valence electrons. The van der Waals surface area contributed by atoms with Crippen molar-refractivity contribution in [1.29, 1.82) is 0 Å². The van der Waals surface area contributed by atoms with Gasteiger partial charge in [0.25, 0.3) is 0 Å². The highest BCUT2D eigenvalue weighted by molar-refractivity contribution is 5.85. The Morgan fingerprint density at radius 3 is 2.73 bits per heavy atom. The van der Waals surface area contributed by atoms with Crippen molar-refractivity contribution in [3.63, 3.8) is 0 Å². The van der Waals surface area contributed by atoms with Crippen LogP contribution < -0.4 is 5.32 Å². The van der Waals surface area contributed by atoms with Crippen LogP contribution in [0.5, 0.6) is 0 Å². The quantitative estimate of drug-likeness (QED) is 0.926. The van der Waals surface area contributed by atoms with E-state index in [4.69, 9.17) is 0 Å². The predicted molar refractivity (Wildman–Crippen MR) is 87.4 cm³/mol. The molecule has 3 unspecified atom stereocenters. The van der Waals surface area contributed by atoms with Crippen LogP contribution in [0.2, 0.25) is 0 Å². The number of hydrogen-bond donors (Lipinski definition) is 1. The number of rotatable bonds is 3. The minimum absolute atomic E-state index is 0. The summed E-state index contributed by atoms with van der Waals surface area (Å²) in [7, 11) is 0. The van der Waals surface area contributed by atoms with Gasteiger partial charge in [0.1, 0.15) is 5.82 Å². The summed E-state index contributed by atoms with van der Waals surface area (Å²) in [5, 5.41) is 3.23. The van der Waals surface area contributed by atoms with E-state index in [0.29, 0.717) is 11.8 Å². The molecule has 0 saturated carbocycles. The summed E-state index contributed by atoms with van der Waals surface area (Å²) < 4.78 is 13.5. The van der Waals surface area contributed by atoms with Crippen molar-refractivity contribution in [3.05, 3.63) is 35.6 Å². The van der Waals surface area contributed by atoms with Crippen LogP contribution in [0.1, 0.15) is 31.9 Å². The number of amides is 1. The zero-order valence-electron chi connectivity index (χ0n) is 13.1. The second kappa shape index (κ2) is 6.97. The molecular weight excluding hydrogens is 303 g/mol. The molecule has 5 heteroatoms. The summed E-state index contributed by atoms with van der Waals surface area (Å²) in [6.45, 7) is 6.82. The SMILES string of the molecule is CC1CCN(C(=O)C(C)C2CNC2)C1c1cccc(F)c1.Cl. The molecule has 22 heavy (non-hydrogen) atoms. The van der Waals surface area contributed by atoms with Crippen LogP contribution in [-0.2, 0) is 4.79 Å². The zero-order chi connectivity index (χ0) is 15.0. The van der Waals surface area contributed by atoms with Gasteiger partial charge in [0.05, 0.1) is 6.04 Å². The van der Waals surface area contributed by atoms with E-state index in [-0.39, 0.29) is 36.1 Å². The number of halogens is 2. The largest absolute Gasteiger partial charge is 0.335 e. The van der Waals surface area contributed by atoms with Crippen molar-refractivity contribution in [1.82, 2.24) is 10.2 Å². The van der Waals surface area contributed by atoms with E-state index in [9.17, 15) is 9.18 Å². The van der Waals surface area contributed by atoms with Gasteiger partial charge in [-0.2, -0.15) is 0 Å². The van der Waals surface area contributed by atoms with Gasteiger partial charge in [0.15, 0.2) is 0 Å². The van der Waals surface area contributed by atoms with Gasteiger partial charge in [-0.05, 0) is 49.0 Å². The van der Waals surface area contributed by atoms with Gasteiger partial charge in [0, 0.05) is 12.5 Å². The molecular formula is C17H24ClFN2O. The lowest BCUT2D eigenvalue weighted by Gasteiger charge is -2.36. The molecule has 0 spiro atoms. The molecule has 1 aromatic carbocycles. The van der Waals surface area contributed by atoms with Crippen LogP contribution in [-0.4, -0.2) is 30.4 Å². The van der Waals surface area contributed by atoms with Gasteiger partial charge in [-0.25, -0.2) is 4.39 Å². The molecule has 0 aliphatic carbocycles. The van der Waals surface area contributed by atoms with E-state index >= 15 is 0 Å². The molecule has 1 N–H and O–H groups in total. The van der Waals surface area contributed by atoms with Gasteiger partial charge >= 0.3 is 0 Å². The first-order valence-electron chi connectivity index (χ1n) is 7.84. The lowest BCUT2D eigenvalue weighted by atomic mass is 9.87. The Kier molecular flexibility index (Phi) is 5.45. The number of hydrogen-bond acceptors (Lipinski definition) is 2. The lowest BCUT2D eigenvalue weighted by Crippen LogP contribution is -2.50. The third kappa shape index (κ3) is 3.13. The molecule has 2 fully saturated rings. The summed E-state index contributed by atoms with van der Waals surface area (Å²) in [6, 6.07) is 6.72. The highest BCUT2D eigenvalue weighted by Gasteiger charge is 2.39. The molecule has 3 atom stereocenters. The molecule has 3 rings (SSSR count). The van der Waals surface area contributed by atoms with Crippen molar-refractivity contribution >= 4 is 18.3 Å². The number of nitrogens with one attached hydrogen (secondary N) is 1. The monoisotopic (exact) mass is 326 g/mol. The summed E-state index contributed by atoms with van der Waals surface area (Å²) >= 11 is 0. The molecule has 1 aromatic rings. The molecule has 0 aromatic heterocycles. The third-order valence-electron chi connectivity index (χ3n) is 5.08. The van der Waals surface area contributed by atoms with E-state index in [1.54, 1.807) is 12.1 Å². The Hall–Kier alpha value is -1.13. The third-order valence-corrected chi connectivity index (χ3v) is 5.08. The molecule has 0 radical (unpaired) electrons. The fraction of sp³-hybridized carbons (Fsp3) is 0.588. The number of likely N-dealkylation sites (tertiary alicyclic amines) is 1. The number of carbonyl (C=O) groups is 1. The van der Waals surface area contributed by atoms with E-state index in [1.807, 2.05) is 17.9 Å². The van der Waals surface area contributed by atoms with E-state index < -0.39 is 0 Å². The maximum atomic E-state index is 13.5. The predicted octanol–water partition coefficient (Wildman–Crippen LogP) is 3.01. The molecule has 2 saturated heterocycles. The minimum atomic E-state index is -0.227. The van der Waals surface area contributed by atoms with Crippen molar-refractivity contribution in [3.8, 4) is 0 Å². The van der Waals surface area contributed by atoms with Crippen LogP contribution in [0.15, 0.2) is 24.3 Å². The fourth-order valence-electron chi connectivity index (χ4n) is 3.52. The first-order chi connectivity index (χ1) is 10.1. The molecule has 0 bridgehead atoms. The van der Waals surface area contributed by atoms with Gasteiger partial charge in [0.2, 0.25) is 5.91 Å². The number of nitrogens with zero attached hydrogens (tertiary/aromatic N) is 1. The van der Waals surface area contributed by atoms with Crippen LogP contribution in [0.25, 0.3) is 0 Å². The average molecular weight is 327 g/mol. The van der Waals surface area contributed by atoms with Crippen molar-refractivity contribution in [2.45, 2.75) is 26.3 Å². The van der Waals surface area contributed by atoms with E-state index in [2.05, 4.69) is 12.2 Å². The molecule has 1 amide bonds. The summed E-state index contributed by atoms with van der Waals surface area (Å²) in [6.07, 6.45) is 0.989. The van der Waals surface area contributed by atoms with E-state index in [1.165, 1.54) is 6.07 Å². The fourth-order valence-corrected chi connectivity index (χ4v) is 3.52. The Labute approximate surface area is 137 Å². The molecule has 2 heterocycles. The highest BCUT2D eigenvalue weighted by Crippen LogP contribution is 2.38. The van der Waals surface area contributed by atoms with Crippen LogP contribution >= 0.6 is 12.4 Å². The van der Waals surface area contributed by atoms with Gasteiger partial charge in [-0.15, -0.1) is 12.4 Å². The van der Waals surface area contributed by atoms with Crippen molar-refractivity contribution in [2.24, 2.45) is 17.8 Å². The number of benzene rings is 1. The number of carbonyl (C=O) groups excluding carboxylic acids is 1. The Morgan fingerprint density at radius 1 is 1.41 bits per heavy atom. The molecule has 3 nitrogen and oxygen atoms in total. The summed E-state index contributed by atoms with van der Waals surface area (Å²) in [4.78, 5) is 14.8. The van der Waals surface area contributed by atoms with Gasteiger partial charge < -0.3 is 10.2 Å². The topological polar surface area (TPSA) is 32.3 Å². The second-order valence-corrected chi connectivity index (χ2v) is 6.50. The maximum absolute atomic E-state index is 13.5. The summed E-state index contributed by atoms with van der Waals surface area (Å²) in [5.74, 6) is 0.868. The average Bonchev–Trinajstić information content (AvgIpc) is 2.77. The van der Waals surface area contributed by atoms with Gasteiger partial charge in [-0.3, -0.25) is 4.79 Å². The van der Waals surface area contributed by atoms with Crippen molar-refractivity contribution in [2.75, 3.05) is 19.6 Å².